The van der Waals surface area contributed by atoms with Crippen molar-refractivity contribution in [3.05, 3.63) is 28.6 Å². The van der Waals surface area contributed by atoms with Gasteiger partial charge >= 0.3 is 0 Å². The Morgan fingerprint density at radius 1 is 1.42 bits per heavy atom. The van der Waals surface area contributed by atoms with Gasteiger partial charge in [-0.1, -0.05) is 11.3 Å². The number of nitrogens with two attached hydrogens (primary N) is 1. The molecule has 0 bridgehead atoms. The molecule has 1 aliphatic heterocycles. The summed E-state index contributed by atoms with van der Waals surface area (Å²) in [5.41, 5.74) is 8.30. The minimum atomic E-state index is -0.0558. The summed E-state index contributed by atoms with van der Waals surface area (Å²) in [5, 5.41) is 9.98. The maximum atomic E-state index is 9.65. The number of aromatic hydroxyl groups is 1. The number of thiazole rings is 1. The van der Waals surface area contributed by atoms with Crippen LogP contribution in [0.25, 0.3) is 11.6 Å². The lowest BCUT2D eigenvalue weighted by molar-refractivity contribution is 0.415. The molecule has 96 valence electrons. The molecule has 0 atom stereocenters. The van der Waals surface area contributed by atoms with E-state index in [1.165, 1.54) is 11.3 Å². The average molecular weight is 273 g/mol. The molecule has 1 aromatic heterocycles. The standard InChI is InChI=1S/C13H11N3O2S/c1-18-8-2-3-10-9(5-8)7(6-15-10)4-11-12(17)16-13(14)19-11/h2-6,17H,1H3,(H2,14,16). The Bertz CT molecular complexity index is 704. The van der Waals surface area contributed by atoms with E-state index >= 15 is 0 Å². The molecule has 1 aliphatic rings. The van der Waals surface area contributed by atoms with Crippen LogP contribution < -0.4 is 10.5 Å². The summed E-state index contributed by atoms with van der Waals surface area (Å²) < 4.78 is 5.20. The lowest BCUT2D eigenvalue weighted by Gasteiger charge is -2.03. The fourth-order valence-corrected chi connectivity index (χ4v) is 2.57. The van der Waals surface area contributed by atoms with E-state index < -0.39 is 0 Å². The van der Waals surface area contributed by atoms with Gasteiger partial charge in [0.15, 0.2) is 5.13 Å². The summed E-state index contributed by atoms with van der Waals surface area (Å²) in [6.07, 6.45) is 3.57. The predicted molar refractivity (Wildman–Crippen MR) is 77.2 cm³/mol. The molecule has 1 aromatic carbocycles. The number of nitrogens with zero attached hydrogens (tertiary/aromatic N) is 2. The number of nitrogen functional groups attached to an aromatic ring is 1. The molecule has 0 aliphatic carbocycles. The van der Waals surface area contributed by atoms with Gasteiger partial charge in [-0.05, 0) is 24.3 Å². The molecule has 0 radical (unpaired) electrons. The molecule has 3 rings (SSSR count). The third kappa shape index (κ3) is 2.06. The number of aromatic nitrogens is 1. The zero-order valence-corrected chi connectivity index (χ0v) is 10.9. The van der Waals surface area contributed by atoms with Crippen LogP contribution in [0.3, 0.4) is 0 Å². The highest BCUT2D eigenvalue weighted by atomic mass is 32.1. The number of fused-ring (bicyclic) bond motifs is 1. The highest BCUT2D eigenvalue weighted by Gasteiger charge is 2.15. The summed E-state index contributed by atoms with van der Waals surface area (Å²) >= 11 is 1.23. The Hall–Kier alpha value is -2.34. The van der Waals surface area contributed by atoms with E-state index in [0.717, 1.165) is 22.6 Å². The van der Waals surface area contributed by atoms with E-state index in [0.29, 0.717) is 10.0 Å². The second kappa shape index (κ2) is 4.40. The highest BCUT2D eigenvalue weighted by molar-refractivity contribution is 7.16. The minimum absolute atomic E-state index is 0.0558. The van der Waals surface area contributed by atoms with Gasteiger partial charge in [-0.2, -0.15) is 4.98 Å². The molecule has 0 spiro atoms. The summed E-state index contributed by atoms with van der Waals surface area (Å²) in [6.45, 7) is 0. The molecule has 0 saturated carbocycles. The summed E-state index contributed by atoms with van der Waals surface area (Å²) in [4.78, 5) is 8.71. The summed E-state index contributed by atoms with van der Waals surface area (Å²) in [5.74, 6) is 0.711. The van der Waals surface area contributed by atoms with Gasteiger partial charge in [0, 0.05) is 17.4 Å². The number of hydrogen-bond donors (Lipinski definition) is 2. The Morgan fingerprint density at radius 3 is 2.95 bits per heavy atom. The van der Waals surface area contributed by atoms with Crippen LogP contribution >= 0.6 is 11.3 Å². The number of rotatable bonds is 2. The summed E-state index contributed by atoms with van der Waals surface area (Å²) in [6, 6.07) is 5.67. The van der Waals surface area contributed by atoms with Crippen molar-refractivity contribution in [2.45, 2.75) is 0 Å². The number of methoxy groups -OCH3 is 1. The zero-order chi connectivity index (χ0) is 13.4. The van der Waals surface area contributed by atoms with Crippen LogP contribution in [-0.2, 0) is 0 Å². The fraction of sp³-hybridized carbons (Fsp3) is 0.0769. The van der Waals surface area contributed by atoms with Crippen LogP contribution in [0.2, 0.25) is 0 Å². The molecule has 0 saturated heterocycles. The number of benzene rings is 1. The molecule has 3 N–H and O–H groups in total. The number of aliphatic imine (C=N–C) groups is 1. The molecular weight excluding hydrogens is 262 g/mol. The van der Waals surface area contributed by atoms with E-state index in [2.05, 4.69) is 9.98 Å². The smallest absolute Gasteiger partial charge is 0.231 e. The van der Waals surface area contributed by atoms with Gasteiger partial charge in [-0.25, -0.2) is 0 Å². The van der Waals surface area contributed by atoms with Gasteiger partial charge in [0.05, 0.1) is 17.7 Å². The first kappa shape index (κ1) is 11.7. The van der Waals surface area contributed by atoms with Crippen molar-refractivity contribution < 1.29 is 9.84 Å². The molecule has 2 aromatic rings. The number of allylic oxidation sites excluding steroid dienone is 1. The molecule has 2 heterocycles. The Morgan fingerprint density at radius 2 is 2.26 bits per heavy atom. The van der Waals surface area contributed by atoms with Gasteiger partial charge in [0.1, 0.15) is 5.75 Å². The topological polar surface area (TPSA) is 80.7 Å². The maximum Gasteiger partial charge on any atom is 0.231 e. The lowest BCUT2D eigenvalue weighted by atomic mass is 10.1. The number of ether oxygens (including phenoxy) is 1. The van der Waals surface area contributed by atoms with Gasteiger partial charge < -0.3 is 15.6 Å². The Labute approximate surface area is 113 Å². The van der Waals surface area contributed by atoms with Crippen molar-refractivity contribution in [2.24, 2.45) is 4.99 Å². The van der Waals surface area contributed by atoms with Crippen molar-refractivity contribution in [3.63, 3.8) is 0 Å². The van der Waals surface area contributed by atoms with E-state index in [1.54, 1.807) is 13.3 Å². The van der Waals surface area contributed by atoms with Gasteiger partial charge in [0.25, 0.3) is 0 Å². The Kier molecular flexibility index (Phi) is 2.72. The van der Waals surface area contributed by atoms with Crippen LogP contribution in [0.15, 0.2) is 23.2 Å². The number of hydrogen-bond acceptors (Lipinski definition) is 6. The van der Waals surface area contributed by atoms with E-state index in [1.807, 2.05) is 24.3 Å². The predicted octanol–water partition coefficient (Wildman–Crippen LogP) is 2.70. The number of anilines is 1. The average Bonchev–Trinajstić information content (AvgIpc) is 2.93. The fourth-order valence-electron chi connectivity index (χ4n) is 1.89. The van der Waals surface area contributed by atoms with Gasteiger partial charge in [-0.15, -0.1) is 0 Å². The minimum Gasteiger partial charge on any atom is -0.497 e. The van der Waals surface area contributed by atoms with E-state index in [-0.39, 0.29) is 5.88 Å². The normalized spacial score (nSPS) is 14.9. The summed E-state index contributed by atoms with van der Waals surface area (Å²) in [7, 11) is 1.62. The van der Waals surface area contributed by atoms with Crippen molar-refractivity contribution in [1.29, 1.82) is 0 Å². The molecule has 0 amide bonds. The molecule has 0 fully saturated rings. The lowest BCUT2D eigenvalue weighted by Crippen LogP contribution is -1.85. The first-order chi connectivity index (χ1) is 9.17. The quantitative estimate of drug-likeness (QED) is 0.881. The van der Waals surface area contributed by atoms with Crippen molar-refractivity contribution >= 4 is 40.0 Å². The van der Waals surface area contributed by atoms with E-state index in [9.17, 15) is 5.11 Å². The van der Waals surface area contributed by atoms with Crippen LogP contribution in [0.5, 0.6) is 11.6 Å². The third-order valence-electron chi connectivity index (χ3n) is 2.80. The molecule has 6 heteroatoms. The largest absolute Gasteiger partial charge is 0.497 e. The Balaban J connectivity index is 2.06. The molecule has 19 heavy (non-hydrogen) atoms. The monoisotopic (exact) mass is 273 g/mol. The molecule has 5 nitrogen and oxygen atoms in total. The van der Waals surface area contributed by atoms with Crippen LogP contribution in [0, 0.1) is 0 Å². The van der Waals surface area contributed by atoms with E-state index in [4.69, 9.17) is 10.5 Å². The third-order valence-corrected chi connectivity index (χ3v) is 3.62. The highest BCUT2D eigenvalue weighted by Crippen LogP contribution is 2.37. The van der Waals surface area contributed by atoms with Crippen LogP contribution in [0.4, 0.5) is 10.8 Å². The molecular formula is C13H11N3O2S. The SMILES string of the molecule is COc1ccc2c(c1)C(=Cc1sc(N)nc1O)C=N2. The van der Waals surface area contributed by atoms with Crippen LogP contribution in [-0.4, -0.2) is 23.4 Å². The van der Waals surface area contributed by atoms with Gasteiger partial charge in [-0.3, -0.25) is 4.99 Å². The second-order valence-electron chi connectivity index (χ2n) is 3.98. The van der Waals surface area contributed by atoms with Crippen molar-refractivity contribution in [2.75, 3.05) is 12.8 Å². The van der Waals surface area contributed by atoms with Gasteiger partial charge in [0.2, 0.25) is 5.88 Å². The van der Waals surface area contributed by atoms with Crippen LogP contribution in [0.1, 0.15) is 10.4 Å². The first-order valence-corrected chi connectivity index (χ1v) is 6.38. The second-order valence-corrected chi connectivity index (χ2v) is 5.04. The maximum absolute atomic E-state index is 9.65. The molecule has 0 unspecified atom stereocenters. The van der Waals surface area contributed by atoms with Crippen molar-refractivity contribution in [1.82, 2.24) is 4.98 Å². The van der Waals surface area contributed by atoms with Crippen molar-refractivity contribution in [3.8, 4) is 11.6 Å². The first-order valence-electron chi connectivity index (χ1n) is 5.57. The zero-order valence-electron chi connectivity index (χ0n) is 10.1.